The molecule has 0 fully saturated rings. The van der Waals surface area contributed by atoms with Gasteiger partial charge in [0.25, 0.3) is 0 Å². The fourth-order valence-corrected chi connectivity index (χ4v) is 4.92. The molecule has 0 rings (SSSR count). The number of Topliss-reactive ketones (excluding diaryl/α,β-unsaturated/α-hetero) is 1. The summed E-state index contributed by atoms with van der Waals surface area (Å²) in [5.41, 5.74) is 0. The van der Waals surface area contributed by atoms with Gasteiger partial charge in [-0.2, -0.15) is 0 Å². The van der Waals surface area contributed by atoms with Crippen molar-refractivity contribution < 1.29 is 9.59 Å². The summed E-state index contributed by atoms with van der Waals surface area (Å²) < 4.78 is 0. The second kappa shape index (κ2) is 26.0. The number of hydrogen-bond acceptors (Lipinski definition) is 2. The van der Waals surface area contributed by atoms with Crippen molar-refractivity contribution in [1.29, 1.82) is 0 Å². The largest absolute Gasteiger partial charge is 0.303 e. The summed E-state index contributed by atoms with van der Waals surface area (Å²) in [4.78, 5) is 21.3. The van der Waals surface area contributed by atoms with E-state index in [4.69, 9.17) is 0 Å². The predicted molar refractivity (Wildman–Crippen MR) is 146 cm³/mol. The number of rotatable bonds is 27. The first-order valence-electron chi connectivity index (χ1n) is 15.0. The molecule has 0 heterocycles. The van der Waals surface area contributed by atoms with Crippen LogP contribution in [0.1, 0.15) is 175 Å². The van der Waals surface area contributed by atoms with E-state index in [9.17, 15) is 9.59 Å². The maximum absolute atomic E-state index is 11.0. The molecule has 0 N–H and O–H groups in total. The van der Waals surface area contributed by atoms with Crippen molar-refractivity contribution in [2.45, 2.75) is 175 Å². The first kappa shape index (κ1) is 32.3. The molecule has 196 valence electrons. The van der Waals surface area contributed by atoms with Gasteiger partial charge >= 0.3 is 0 Å². The van der Waals surface area contributed by atoms with E-state index in [1.807, 2.05) is 0 Å². The highest BCUT2D eigenvalue weighted by atomic mass is 16.1. The van der Waals surface area contributed by atoms with Crippen LogP contribution < -0.4 is 0 Å². The Morgan fingerprint density at radius 1 is 0.515 bits per heavy atom. The van der Waals surface area contributed by atoms with Gasteiger partial charge in [0.05, 0.1) is 0 Å². The molecule has 0 amide bonds. The lowest BCUT2D eigenvalue weighted by Gasteiger charge is -2.12. The third kappa shape index (κ3) is 27.5. The lowest BCUT2D eigenvalue weighted by atomic mass is 9.94. The number of carbonyl (C=O) groups excluding carboxylic acids is 2. The van der Waals surface area contributed by atoms with Crippen molar-refractivity contribution in [1.82, 2.24) is 0 Å². The molecule has 33 heavy (non-hydrogen) atoms. The molecule has 1 unspecified atom stereocenters. The quantitative estimate of drug-likeness (QED) is 0.0894. The first-order chi connectivity index (χ1) is 16.1. The molecular formula is C31H60O2. The average Bonchev–Trinajstić information content (AvgIpc) is 2.79. The molecule has 2 heteroatoms. The minimum atomic E-state index is 0.341. The molecule has 0 saturated heterocycles. The van der Waals surface area contributed by atoms with Crippen LogP contribution in [-0.4, -0.2) is 12.1 Å². The van der Waals surface area contributed by atoms with Crippen molar-refractivity contribution in [3.63, 3.8) is 0 Å². The van der Waals surface area contributed by atoms with Gasteiger partial charge in [-0.25, -0.2) is 0 Å². The van der Waals surface area contributed by atoms with Gasteiger partial charge in [-0.15, -0.1) is 0 Å². The van der Waals surface area contributed by atoms with Gasteiger partial charge in [-0.05, 0) is 31.6 Å². The fourth-order valence-electron chi connectivity index (χ4n) is 4.92. The van der Waals surface area contributed by atoms with Crippen LogP contribution >= 0.6 is 0 Å². The standard InChI is InChI=1S/C31H60O2/c1-29(24-20-16-14-17-21-25-30(2)26-27-31(3)33)23-19-15-12-10-8-6-4-5-7-9-11-13-18-22-28-32/h28-30H,4-27H2,1-3H3/t29?,30-/m0/s1. The van der Waals surface area contributed by atoms with Gasteiger partial charge in [0.1, 0.15) is 12.1 Å². The van der Waals surface area contributed by atoms with Gasteiger partial charge in [-0.1, -0.05) is 142 Å². The SMILES string of the molecule is CC(=O)CC[C@@H](C)CCCCCCCC(C)CCCCCCCCCCCCCCCC=O. The molecule has 0 aliphatic rings. The van der Waals surface area contributed by atoms with Crippen molar-refractivity contribution in [2.75, 3.05) is 0 Å². The molecule has 0 saturated carbocycles. The average molecular weight is 465 g/mol. The minimum Gasteiger partial charge on any atom is -0.303 e. The summed E-state index contributed by atoms with van der Waals surface area (Å²) in [5, 5.41) is 0. The van der Waals surface area contributed by atoms with E-state index in [2.05, 4.69) is 13.8 Å². The molecule has 0 spiro atoms. The van der Waals surface area contributed by atoms with Gasteiger partial charge < -0.3 is 9.59 Å². The van der Waals surface area contributed by atoms with Gasteiger partial charge in [0, 0.05) is 12.8 Å². The topological polar surface area (TPSA) is 34.1 Å². The van der Waals surface area contributed by atoms with Crippen molar-refractivity contribution in [3.05, 3.63) is 0 Å². The maximum atomic E-state index is 11.0. The van der Waals surface area contributed by atoms with Crippen LogP contribution in [0.4, 0.5) is 0 Å². The molecule has 0 aliphatic heterocycles. The number of hydrogen-bond donors (Lipinski definition) is 0. The van der Waals surface area contributed by atoms with E-state index in [0.717, 1.165) is 43.8 Å². The third-order valence-corrected chi connectivity index (χ3v) is 7.40. The zero-order chi connectivity index (χ0) is 24.4. The monoisotopic (exact) mass is 464 g/mol. The Morgan fingerprint density at radius 2 is 0.818 bits per heavy atom. The second-order valence-electron chi connectivity index (χ2n) is 11.1. The van der Waals surface area contributed by atoms with E-state index in [1.165, 1.54) is 128 Å². The van der Waals surface area contributed by atoms with Crippen LogP contribution in [0.5, 0.6) is 0 Å². The molecule has 0 bridgehead atoms. The highest BCUT2D eigenvalue weighted by Crippen LogP contribution is 2.20. The van der Waals surface area contributed by atoms with Gasteiger partial charge in [0.15, 0.2) is 0 Å². The minimum absolute atomic E-state index is 0.341. The Morgan fingerprint density at radius 3 is 1.15 bits per heavy atom. The number of ketones is 1. The van der Waals surface area contributed by atoms with Crippen LogP contribution in [-0.2, 0) is 9.59 Å². The molecule has 0 aromatic heterocycles. The molecule has 0 radical (unpaired) electrons. The molecular weight excluding hydrogens is 404 g/mol. The van der Waals surface area contributed by atoms with E-state index >= 15 is 0 Å². The van der Waals surface area contributed by atoms with Crippen LogP contribution in [0.25, 0.3) is 0 Å². The molecule has 0 aromatic carbocycles. The Hall–Kier alpha value is -0.660. The fraction of sp³-hybridized carbons (Fsp3) is 0.935. The van der Waals surface area contributed by atoms with Crippen molar-refractivity contribution >= 4 is 12.1 Å². The zero-order valence-corrected chi connectivity index (χ0v) is 23.0. The van der Waals surface area contributed by atoms with E-state index in [1.54, 1.807) is 6.92 Å². The van der Waals surface area contributed by atoms with Gasteiger partial charge in [-0.3, -0.25) is 0 Å². The molecule has 2 atom stereocenters. The van der Waals surface area contributed by atoms with Gasteiger partial charge in [0.2, 0.25) is 0 Å². The van der Waals surface area contributed by atoms with Crippen molar-refractivity contribution in [2.24, 2.45) is 11.8 Å². The Kier molecular flexibility index (Phi) is 25.4. The van der Waals surface area contributed by atoms with E-state index in [-0.39, 0.29) is 0 Å². The summed E-state index contributed by atoms with van der Waals surface area (Å²) in [6.45, 7) is 6.47. The number of aldehydes is 1. The smallest absolute Gasteiger partial charge is 0.129 e. The van der Waals surface area contributed by atoms with E-state index in [0.29, 0.717) is 5.78 Å². The summed E-state index contributed by atoms with van der Waals surface area (Å²) >= 11 is 0. The molecule has 2 nitrogen and oxygen atoms in total. The van der Waals surface area contributed by atoms with E-state index < -0.39 is 0 Å². The highest BCUT2D eigenvalue weighted by Gasteiger charge is 2.05. The summed E-state index contributed by atoms with van der Waals surface area (Å²) in [6.07, 6.45) is 32.6. The highest BCUT2D eigenvalue weighted by molar-refractivity contribution is 5.75. The predicted octanol–water partition coefficient (Wildman–Crippen LogP) is 10.4. The number of unbranched alkanes of at least 4 members (excludes halogenated alkanes) is 17. The normalized spacial score (nSPS) is 13.2. The molecule has 0 aliphatic carbocycles. The Balaban J connectivity index is 3.22. The zero-order valence-electron chi connectivity index (χ0n) is 23.0. The maximum Gasteiger partial charge on any atom is 0.129 e. The lowest BCUT2D eigenvalue weighted by Crippen LogP contribution is -1.99. The Bertz CT molecular complexity index is 417. The third-order valence-electron chi connectivity index (χ3n) is 7.40. The first-order valence-corrected chi connectivity index (χ1v) is 15.0. The summed E-state index contributed by atoms with van der Waals surface area (Å²) in [5.74, 6) is 1.97. The van der Waals surface area contributed by atoms with Crippen molar-refractivity contribution in [3.8, 4) is 0 Å². The molecule has 0 aromatic rings. The second-order valence-corrected chi connectivity index (χ2v) is 11.1. The van der Waals surface area contributed by atoms with Crippen LogP contribution in [0, 0.1) is 11.8 Å². The van der Waals surface area contributed by atoms with Crippen LogP contribution in [0.2, 0.25) is 0 Å². The summed E-state index contributed by atoms with van der Waals surface area (Å²) in [6, 6.07) is 0. The lowest BCUT2D eigenvalue weighted by molar-refractivity contribution is -0.117. The van der Waals surface area contributed by atoms with Crippen LogP contribution in [0.3, 0.4) is 0 Å². The van der Waals surface area contributed by atoms with Crippen LogP contribution in [0.15, 0.2) is 0 Å². The Labute approximate surface area is 208 Å². The number of carbonyl (C=O) groups is 2. The summed E-state index contributed by atoms with van der Waals surface area (Å²) in [7, 11) is 0.